The molecule has 6 nitrogen and oxygen atoms in total. The van der Waals surface area contributed by atoms with E-state index in [4.69, 9.17) is 11.6 Å². The maximum atomic E-state index is 12.9. The third-order valence-electron chi connectivity index (χ3n) is 3.91. The predicted octanol–water partition coefficient (Wildman–Crippen LogP) is 1.40. The van der Waals surface area contributed by atoms with Gasteiger partial charge in [-0.15, -0.1) is 0 Å². The molecular formula is C12H13BrClN3O3S. The standard InChI is InChI=1S/C12H13BrClN3O3S/c13-7-4-10(11(14)15-5-7)21(19,20)17-3-1-2-8-9(17)6-16-12(8)18/h4-5,8-9H,1-3,6H2,(H,16,18). The fraction of sp³-hybridized carbons (Fsp3) is 0.500. The Morgan fingerprint density at radius 2 is 2.24 bits per heavy atom. The molecule has 21 heavy (non-hydrogen) atoms. The zero-order valence-electron chi connectivity index (χ0n) is 10.9. The highest BCUT2D eigenvalue weighted by Crippen LogP contribution is 2.34. The summed E-state index contributed by atoms with van der Waals surface area (Å²) in [6.45, 7) is 0.739. The van der Waals surface area contributed by atoms with Gasteiger partial charge >= 0.3 is 0 Å². The first-order chi connectivity index (χ1) is 9.91. The Bertz CT molecular complexity index is 697. The molecule has 1 amide bonds. The van der Waals surface area contributed by atoms with Crippen LogP contribution in [-0.4, -0.2) is 42.7 Å². The van der Waals surface area contributed by atoms with Crippen LogP contribution in [0.25, 0.3) is 0 Å². The summed E-state index contributed by atoms with van der Waals surface area (Å²) in [4.78, 5) is 15.6. The zero-order chi connectivity index (χ0) is 15.2. The molecule has 1 N–H and O–H groups in total. The Morgan fingerprint density at radius 1 is 1.48 bits per heavy atom. The molecule has 2 atom stereocenters. The summed E-state index contributed by atoms with van der Waals surface area (Å²) in [5.74, 6) is -0.342. The second-order valence-corrected chi connectivity index (χ2v) is 8.25. The Morgan fingerprint density at radius 3 is 3.00 bits per heavy atom. The number of pyridine rings is 1. The molecule has 2 unspecified atom stereocenters. The quantitative estimate of drug-likeness (QED) is 0.769. The summed E-state index contributed by atoms with van der Waals surface area (Å²) in [6.07, 6.45) is 2.82. The Balaban J connectivity index is 2.01. The number of carbonyl (C=O) groups is 1. The van der Waals surface area contributed by atoms with Crippen LogP contribution >= 0.6 is 27.5 Å². The lowest BCUT2D eigenvalue weighted by Gasteiger charge is -2.34. The fourth-order valence-electron chi connectivity index (χ4n) is 2.92. The van der Waals surface area contributed by atoms with Gasteiger partial charge in [0.25, 0.3) is 0 Å². The molecule has 0 saturated carbocycles. The third-order valence-corrected chi connectivity index (χ3v) is 6.70. The topological polar surface area (TPSA) is 79.4 Å². The van der Waals surface area contributed by atoms with Gasteiger partial charge in [0.05, 0.1) is 12.0 Å². The first kappa shape index (κ1) is 15.2. The number of halogens is 2. The molecule has 2 aliphatic heterocycles. The molecule has 0 aromatic carbocycles. The van der Waals surface area contributed by atoms with E-state index >= 15 is 0 Å². The molecule has 3 heterocycles. The van der Waals surface area contributed by atoms with Crippen LogP contribution in [0.5, 0.6) is 0 Å². The summed E-state index contributed by atoms with van der Waals surface area (Å²) in [5.41, 5.74) is 0. The first-order valence-electron chi connectivity index (χ1n) is 6.52. The highest BCUT2D eigenvalue weighted by Gasteiger charge is 2.46. The van der Waals surface area contributed by atoms with Gasteiger partial charge in [-0.25, -0.2) is 13.4 Å². The van der Waals surface area contributed by atoms with Crippen molar-refractivity contribution in [2.75, 3.05) is 13.1 Å². The minimum Gasteiger partial charge on any atom is -0.354 e. The summed E-state index contributed by atoms with van der Waals surface area (Å²) in [7, 11) is -3.78. The van der Waals surface area contributed by atoms with Crippen molar-refractivity contribution in [3.8, 4) is 0 Å². The van der Waals surface area contributed by atoms with Crippen molar-refractivity contribution in [2.45, 2.75) is 23.8 Å². The normalized spacial score (nSPS) is 26.5. The number of aromatic nitrogens is 1. The SMILES string of the molecule is O=C1NCC2C1CCCN2S(=O)(=O)c1cc(Br)cnc1Cl. The smallest absolute Gasteiger partial charge is 0.246 e. The van der Waals surface area contributed by atoms with Gasteiger partial charge in [-0.05, 0) is 34.8 Å². The minimum atomic E-state index is -3.78. The number of nitrogens with zero attached hydrogens (tertiary/aromatic N) is 2. The molecule has 9 heteroatoms. The second kappa shape index (κ2) is 5.49. The molecule has 0 radical (unpaired) electrons. The molecule has 1 aromatic rings. The fourth-order valence-corrected chi connectivity index (χ4v) is 5.54. The van der Waals surface area contributed by atoms with E-state index < -0.39 is 10.0 Å². The molecule has 1 aromatic heterocycles. The van der Waals surface area contributed by atoms with Crippen molar-refractivity contribution in [3.05, 3.63) is 21.9 Å². The number of hydrogen-bond donors (Lipinski definition) is 1. The number of amides is 1. The molecule has 2 saturated heterocycles. The van der Waals surface area contributed by atoms with Gasteiger partial charge in [0.1, 0.15) is 10.0 Å². The minimum absolute atomic E-state index is 0.0291. The number of rotatable bonds is 2. The summed E-state index contributed by atoms with van der Waals surface area (Å²) in [6, 6.07) is 1.10. The molecule has 3 rings (SSSR count). The summed E-state index contributed by atoms with van der Waals surface area (Å²) in [5, 5.41) is 2.68. The monoisotopic (exact) mass is 393 g/mol. The van der Waals surface area contributed by atoms with Crippen LogP contribution in [0.15, 0.2) is 21.6 Å². The van der Waals surface area contributed by atoms with Gasteiger partial charge in [-0.2, -0.15) is 4.31 Å². The van der Waals surface area contributed by atoms with Gasteiger partial charge < -0.3 is 5.32 Å². The van der Waals surface area contributed by atoms with Gasteiger partial charge in [0.2, 0.25) is 15.9 Å². The van der Waals surface area contributed by atoms with Crippen LogP contribution in [0, 0.1) is 5.92 Å². The Kier molecular flexibility index (Phi) is 3.98. The van der Waals surface area contributed by atoms with Crippen LogP contribution in [0.2, 0.25) is 5.15 Å². The Labute approximate surface area is 136 Å². The number of sulfonamides is 1. The zero-order valence-corrected chi connectivity index (χ0v) is 14.1. The van der Waals surface area contributed by atoms with E-state index in [0.717, 1.165) is 0 Å². The maximum absolute atomic E-state index is 12.9. The maximum Gasteiger partial charge on any atom is 0.246 e. The second-order valence-electron chi connectivity index (χ2n) is 5.12. The molecule has 2 fully saturated rings. The van der Waals surface area contributed by atoms with E-state index in [1.54, 1.807) is 0 Å². The van der Waals surface area contributed by atoms with Crippen LogP contribution in [0.3, 0.4) is 0 Å². The van der Waals surface area contributed by atoms with Gasteiger partial charge in [-0.3, -0.25) is 4.79 Å². The van der Waals surface area contributed by atoms with Crippen LogP contribution in [0.1, 0.15) is 12.8 Å². The van der Waals surface area contributed by atoms with E-state index in [1.807, 2.05) is 0 Å². The van der Waals surface area contributed by atoms with E-state index in [-0.39, 0.29) is 27.9 Å². The number of nitrogens with one attached hydrogen (secondary N) is 1. The van der Waals surface area contributed by atoms with Gasteiger partial charge in [0, 0.05) is 23.8 Å². The molecule has 0 spiro atoms. The number of piperidine rings is 1. The summed E-state index contributed by atoms with van der Waals surface area (Å²) < 4.78 is 27.6. The highest BCUT2D eigenvalue weighted by atomic mass is 79.9. The number of carbonyl (C=O) groups excluding carboxylic acids is 1. The third kappa shape index (κ3) is 2.58. The number of fused-ring (bicyclic) bond motifs is 1. The Hall–Kier alpha value is -0.700. The molecule has 0 bridgehead atoms. The van der Waals surface area contributed by atoms with E-state index in [0.29, 0.717) is 30.4 Å². The van der Waals surface area contributed by atoms with E-state index in [9.17, 15) is 13.2 Å². The molecule has 2 aliphatic rings. The first-order valence-corrected chi connectivity index (χ1v) is 9.13. The van der Waals surface area contributed by atoms with Crippen molar-refractivity contribution < 1.29 is 13.2 Å². The molecule has 0 aliphatic carbocycles. The average Bonchev–Trinajstić information content (AvgIpc) is 2.83. The van der Waals surface area contributed by atoms with Gasteiger partial charge in [-0.1, -0.05) is 11.6 Å². The lowest BCUT2D eigenvalue weighted by molar-refractivity contribution is -0.123. The van der Waals surface area contributed by atoms with E-state index in [1.165, 1.54) is 16.6 Å². The van der Waals surface area contributed by atoms with Crippen LogP contribution in [0.4, 0.5) is 0 Å². The lowest BCUT2D eigenvalue weighted by Crippen LogP contribution is -2.48. The van der Waals surface area contributed by atoms with Crippen LogP contribution < -0.4 is 5.32 Å². The van der Waals surface area contributed by atoms with Crippen molar-refractivity contribution >= 4 is 43.5 Å². The lowest BCUT2D eigenvalue weighted by atomic mass is 9.93. The highest BCUT2D eigenvalue weighted by molar-refractivity contribution is 9.10. The summed E-state index contributed by atoms with van der Waals surface area (Å²) >= 11 is 9.16. The number of hydrogen-bond acceptors (Lipinski definition) is 4. The molecule has 114 valence electrons. The van der Waals surface area contributed by atoms with Crippen LogP contribution in [-0.2, 0) is 14.8 Å². The largest absolute Gasteiger partial charge is 0.354 e. The van der Waals surface area contributed by atoms with E-state index in [2.05, 4.69) is 26.2 Å². The predicted molar refractivity (Wildman–Crippen MR) is 80.4 cm³/mol. The van der Waals surface area contributed by atoms with Crippen molar-refractivity contribution in [2.24, 2.45) is 5.92 Å². The molecular weight excluding hydrogens is 382 g/mol. The van der Waals surface area contributed by atoms with Crippen molar-refractivity contribution in [1.82, 2.24) is 14.6 Å². The van der Waals surface area contributed by atoms with Crippen molar-refractivity contribution in [3.63, 3.8) is 0 Å². The van der Waals surface area contributed by atoms with Crippen molar-refractivity contribution in [1.29, 1.82) is 0 Å². The van der Waals surface area contributed by atoms with Gasteiger partial charge in [0.15, 0.2) is 0 Å². The average molecular weight is 395 g/mol.